The average Bonchev–Trinajstić information content (AvgIpc) is 3.39. The molecule has 2 amide bonds. The molecule has 1 atom stereocenters. The number of amides is 2. The summed E-state index contributed by atoms with van der Waals surface area (Å²) in [5.74, 6) is -1.75. The highest BCUT2D eigenvalue weighted by Gasteiger charge is 2.32. The summed E-state index contributed by atoms with van der Waals surface area (Å²) in [5.41, 5.74) is 2.39. The average molecular weight is 452 g/mol. The van der Waals surface area contributed by atoms with E-state index in [0.29, 0.717) is 23.4 Å². The Kier molecular flexibility index (Phi) is 6.07. The number of hydrogen-bond acceptors (Lipinski definition) is 5. The first-order chi connectivity index (χ1) is 15.8. The number of rotatable bonds is 7. The molecule has 2 aromatic carbocycles. The minimum Gasteiger partial charge on any atom is -0.478 e. The molecule has 33 heavy (non-hydrogen) atoms. The van der Waals surface area contributed by atoms with Crippen LogP contribution in [0.2, 0.25) is 0 Å². The summed E-state index contributed by atoms with van der Waals surface area (Å²) >= 11 is 0. The molecule has 0 bridgehead atoms. The quantitative estimate of drug-likeness (QED) is 0.570. The van der Waals surface area contributed by atoms with Gasteiger partial charge in [0, 0.05) is 18.7 Å². The summed E-state index contributed by atoms with van der Waals surface area (Å²) in [5, 5.41) is 15.6. The van der Waals surface area contributed by atoms with Crippen LogP contribution in [0, 0.1) is 5.82 Å². The number of halogens is 1. The molecule has 9 nitrogen and oxygen atoms in total. The number of aromatic nitrogens is 2. The van der Waals surface area contributed by atoms with Gasteiger partial charge in [-0.05, 0) is 29.3 Å². The summed E-state index contributed by atoms with van der Waals surface area (Å²) in [6.45, 7) is 2.16. The summed E-state index contributed by atoms with van der Waals surface area (Å²) in [6.07, 6.45) is 1.63. The number of carboxylic acid groups (broad SMARTS) is 1. The van der Waals surface area contributed by atoms with Gasteiger partial charge in [0.2, 0.25) is 5.91 Å². The number of ether oxygens (including phenoxy) is 1. The lowest BCUT2D eigenvalue weighted by Gasteiger charge is -2.15. The Labute approximate surface area is 188 Å². The summed E-state index contributed by atoms with van der Waals surface area (Å²) in [6, 6.07) is 11.7. The first-order valence-corrected chi connectivity index (χ1v) is 10.2. The van der Waals surface area contributed by atoms with Crippen molar-refractivity contribution in [2.45, 2.75) is 19.6 Å². The molecule has 1 saturated heterocycles. The van der Waals surface area contributed by atoms with Crippen LogP contribution in [0.15, 0.2) is 54.9 Å². The Morgan fingerprint density at radius 3 is 2.64 bits per heavy atom. The molecule has 1 aliphatic heterocycles. The number of nitrogens with one attached hydrogen (secondary N) is 1. The second-order valence-corrected chi connectivity index (χ2v) is 7.65. The van der Waals surface area contributed by atoms with E-state index in [9.17, 15) is 18.8 Å². The van der Waals surface area contributed by atoms with Crippen molar-refractivity contribution in [3.8, 4) is 11.1 Å². The second kappa shape index (κ2) is 9.11. The highest BCUT2D eigenvalue weighted by atomic mass is 19.1. The van der Waals surface area contributed by atoms with Gasteiger partial charge in [-0.25, -0.2) is 14.0 Å². The zero-order valence-electron chi connectivity index (χ0n) is 17.7. The van der Waals surface area contributed by atoms with Crippen molar-refractivity contribution in [2.24, 2.45) is 0 Å². The Bertz CT molecular complexity index is 1210. The maximum atomic E-state index is 14.9. The van der Waals surface area contributed by atoms with Gasteiger partial charge in [0.15, 0.2) is 0 Å². The molecule has 1 aromatic heterocycles. The normalized spacial score (nSPS) is 15.4. The van der Waals surface area contributed by atoms with Crippen molar-refractivity contribution in [1.29, 1.82) is 0 Å². The van der Waals surface area contributed by atoms with Crippen LogP contribution in [0.1, 0.15) is 22.8 Å². The van der Waals surface area contributed by atoms with E-state index in [1.54, 1.807) is 24.3 Å². The maximum absolute atomic E-state index is 14.9. The van der Waals surface area contributed by atoms with Gasteiger partial charge >= 0.3 is 12.1 Å². The minimum absolute atomic E-state index is 0.108. The lowest BCUT2D eigenvalue weighted by atomic mass is 10.0. The number of anilines is 1. The van der Waals surface area contributed by atoms with Crippen molar-refractivity contribution in [1.82, 2.24) is 15.1 Å². The lowest BCUT2D eigenvalue weighted by Crippen LogP contribution is -2.33. The van der Waals surface area contributed by atoms with E-state index in [2.05, 4.69) is 10.4 Å². The number of cyclic esters (lactones) is 1. The summed E-state index contributed by atoms with van der Waals surface area (Å²) in [4.78, 5) is 35.5. The van der Waals surface area contributed by atoms with E-state index in [1.807, 2.05) is 12.1 Å². The molecule has 2 N–H and O–H groups in total. The van der Waals surface area contributed by atoms with Gasteiger partial charge in [0.25, 0.3) is 0 Å². The van der Waals surface area contributed by atoms with Gasteiger partial charge in [-0.2, -0.15) is 5.10 Å². The number of aromatic carboxylic acids is 1. The number of carbonyl (C=O) groups excluding carboxylic acids is 2. The van der Waals surface area contributed by atoms with Crippen molar-refractivity contribution in [3.63, 3.8) is 0 Å². The predicted molar refractivity (Wildman–Crippen MR) is 116 cm³/mol. The van der Waals surface area contributed by atoms with Gasteiger partial charge in [0.05, 0.1) is 37.1 Å². The Morgan fingerprint density at radius 2 is 2.00 bits per heavy atom. The van der Waals surface area contributed by atoms with Gasteiger partial charge in [0.1, 0.15) is 11.9 Å². The first-order valence-electron chi connectivity index (χ1n) is 10.2. The molecule has 10 heteroatoms. The third-order valence-corrected chi connectivity index (χ3v) is 5.21. The van der Waals surface area contributed by atoms with Crippen LogP contribution in [0.3, 0.4) is 0 Å². The van der Waals surface area contributed by atoms with E-state index in [-0.39, 0.29) is 24.6 Å². The van der Waals surface area contributed by atoms with Crippen LogP contribution in [0.5, 0.6) is 0 Å². The smallest absolute Gasteiger partial charge is 0.414 e. The molecule has 4 rings (SSSR count). The Morgan fingerprint density at radius 1 is 1.24 bits per heavy atom. The van der Waals surface area contributed by atoms with Crippen LogP contribution in [0.25, 0.3) is 11.1 Å². The fourth-order valence-electron chi connectivity index (χ4n) is 3.54. The van der Waals surface area contributed by atoms with E-state index < -0.39 is 24.0 Å². The number of benzene rings is 2. The molecule has 0 spiro atoms. The fourth-order valence-corrected chi connectivity index (χ4v) is 3.54. The lowest BCUT2D eigenvalue weighted by molar-refractivity contribution is -0.119. The Balaban J connectivity index is 1.45. The van der Waals surface area contributed by atoms with Crippen LogP contribution < -0.4 is 10.2 Å². The molecule has 2 heterocycles. The van der Waals surface area contributed by atoms with Crippen LogP contribution in [-0.2, 0) is 16.1 Å². The van der Waals surface area contributed by atoms with Crippen molar-refractivity contribution >= 4 is 23.7 Å². The molecule has 0 radical (unpaired) electrons. The number of carbonyl (C=O) groups is 3. The zero-order chi connectivity index (χ0) is 23.5. The Hall–Kier alpha value is -4.21. The third-order valence-electron chi connectivity index (χ3n) is 5.21. The third kappa shape index (κ3) is 5.00. The van der Waals surface area contributed by atoms with Crippen molar-refractivity contribution < 1.29 is 28.6 Å². The molecule has 0 aliphatic carbocycles. The molecular weight excluding hydrogens is 431 g/mol. The van der Waals surface area contributed by atoms with Crippen LogP contribution in [0.4, 0.5) is 14.9 Å². The molecule has 0 saturated carbocycles. The minimum atomic E-state index is -1.04. The topological polar surface area (TPSA) is 114 Å². The SMILES string of the molecule is CC(=O)NCC1CN(c2ccc(-c3ccc(Cn4cc(C(=O)O)cn4)cc3)c(F)c2)C(=O)O1. The molecule has 1 unspecified atom stereocenters. The van der Waals surface area contributed by atoms with E-state index in [1.165, 1.54) is 35.0 Å². The van der Waals surface area contributed by atoms with Crippen LogP contribution >= 0.6 is 0 Å². The van der Waals surface area contributed by atoms with Gasteiger partial charge in [-0.3, -0.25) is 14.4 Å². The zero-order valence-corrected chi connectivity index (χ0v) is 17.7. The summed E-state index contributed by atoms with van der Waals surface area (Å²) < 4.78 is 21.6. The van der Waals surface area contributed by atoms with E-state index >= 15 is 0 Å². The molecule has 170 valence electrons. The van der Waals surface area contributed by atoms with E-state index in [4.69, 9.17) is 9.84 Å². The molecule has 1 aliphatic rings. The van der Waals surface area contributed by atoms with Crippen molar-refractivity contribution in [3.05, 3.63) is 71.8 Å². The highest BCUT2D eigenvalue weighted by molar-refractivity contribution is 5.90. The molecular formula is C23H21FN4O5. The predicted octanol–water partition coefficient (Wildman–Crippen LogP) is 2.90. The number of hydrogen-bond donors (Lipinski definition) is 2. The molecule has 3 aromatic rings. The van der Waals surface area contributed by atoms with Gasteiger partial charge in [-0.15, -0.1) is 0 Å². The fraction of sp³-hybridized carbons (Fsp3) is 0.217. The van der Waals surface area contributed by atoms with Crippen LogP contribution in [-0.4, -0.2) is 52.1 Å². The monoisotopic (exact) mass is 452 g/mol. The van der Waals surface area contributed by atoms with E-state index in [0.717, 1.165) is 5.56 Å². The van der Waals surface area contributed by atoms with Gasteiger partial charge < -0.3 is 15.2 Å². The number of carboxylic acids is 1. The largest absolute Gasteiger partial charge is 0.478 e. The van der Waals surface area contributed by atoms with Gasteiger partial charge in [-0.1, -0.05) is 24.3 Å². The second-order valence-electron chi connectivity index (χ2n) is 7.65. The maximum Gasteiger partial charge on any atom is 0.414 e. The summed E-state index contributed by atoms with van der Waals surface area (Å²) in [7, 11) is 0. The number of nitrogens with zero attached hydrogens (tertiary/aromatic N) is 3. The molecule has 1 fully saturated rings. The highest BCUT2D eigenvalue weighted by Crippen LogP contribution is 2.29. The first kappa shape index (κ1) is 22.0. The van der Waals surface area contributed by atoms with Crippen molar-refractivity contribution in [2.75, 3.05) is 18.0 Å². The standard InChI is InChI=1S/C23H21FN4O5/c1-14(29)25-10-19-13-28(23(32)33-19)18-6-7-20(21(24)8-18)16-4-2-15(3-5-16)11-27-12-17(9-26-27)22(30)31/h2-9,12,19H,10-11,13H2,1H3,(H,25,29)(H,30,31).